The number of nitrogens with one attached hydrogen (secondary N) is 2. The molecule has 3 aromatic rings. The number of carbonyl (C=O) groups is 2. The Morgan fingerprint density at radius 3 is 2.48 bits per heavy atom. The van der Waals surface area contributed by atoms with E-state index >= 15 is 0 Å². The Labute approximate surface area is 169 Å². The molecule has 148 valence electrons. The van der Waals surface area contributed by atoms with E-state index in [9.17, 15) is 9.59 Å². The van der Waals surface area contributed by atoms with Crippen molar-refractivity contribution >= 4 is 17.5 Å². The second-order valence-corrected chi connectivity index (χ2v) is 6.58. The highest BCUT2D eigenvalue weighted by Crippen LogP contribution is 2.29. The Morgan fingerprint density at radius 2 is 1.72 bits per heavy atom. The predicted molar refractivity (Wildman–Crippen MR) is 112 cm³/mol. The third-order valence-electron chi connectivity index (χ3n) is 4.35. The van der Waals surface area contributed by atoms with Gasteiger partial charge in [-0.25, -0.2) is 0 Å². The number of amides is 2. The molecule has 6 nitrogen and oxygen atoms in total. The summed E-state index contributed by atoms with van der Waals surface area (Å²) < 4.78 is 5.87. The van der Waals surface area contributed by atoms with Crippen molar-refractivity contribution in [3.8, 4) is 11.5 Å². The minimum Gasteiger partial charge on any atom is -0.455 e. The fourth-order valence-electron chi connectivity index (χ4n) is 2.57. The average molecular weight is 389 g/mol. The molecule has 1 unspecified atom stereocenters. The molecule has 0 radical (unpaired) electrons. The van der Waals surface area contributed by atoms with Crippen molar-refractivity contribution in [1.82, 2.24) is 10.3 Å². The van der Waals surface area contributed by atoms with Gasteiger partial charge in [0.1, 0.15) is 11.4 Å². The molecule has 0 fully saturated rings. The summed E-state index contributed by atoms with van der Waals surface area (Å²) in [6.45, 7) is 3.92. The monoisotopic (exact) mass is 389 g/mol. The molecule has 6 heteroatoms. The lowest BCUT2D eigenvalue weighted by Gasteiger charge is -2.13. The number of aromatic nitrogens is 1. The number of hydrogen-bond acceptors (Lipinski definition) is 4. The quantitative estimate of drug-likeness (QED) is 0.616. The smallest absolute Gasteiger partial charge is 0.274 e. The summed E-state index contributed by atoms with van der Waals surface area (Å²) in [5.41, 5.74) is 1.05. The molecular formula is C23H23N3O3. The number of para-hydroxylation sites is 3. The summed E-state index contributed by atoms with van der Waals surface area (Å²) in [5, 5.41) is 5.69. The summed E-state index contributed by atoms with van der Waals surface area (Å²) in [6, 6.07) is 19.6. The number of benzene rings is 2. The van der Waals surface area contributed by atoms with E-state index in [1.54, 1.807) is 24.3 Å². The Kier molecular flexibility index (Phi) is 6.58. The average Bonchev–Trinajstić information content (AvgIpc) is 2.75. The molecule has 0 bridgehead atoms. The van der Waals surface area contributed by atoms with Gasteiger partial charge < -0.3 is 15.4 Å². The number of nitrogens with zero attached hydrogens (tertiary/aromatic N) is 1. The molecule has 2 aromatic carbocycles. The van der Waals surface area contributed by atoms with Crippen molar-refractivity contribution in [2.45, 2.75) is 26.3 Å². The lowest BCUT2D eigenvalue weighted by atomic mass is 10.1. The van der Waals surface area contributed by atoms with E-state index in [1.165, 1.54) is 12.3 Å². The lowest BCUT2D eigenvalue weighted by molar-refractivity contribution is 0.0939. The normalized spacial score (nSPS) is 11.4. The van der Waals surface area contributed by atoms with Crippen LogP contribution in [0.25, 0.3) is 0 Å². The fourth-order valence-corrected chi connectivity index (χ4v) is 2.57. The first-order chi connectivity index (χ1) is 14.1. The van der Waals surface area contributed by atoms with Crippen molar-refractivity contribution in [3.05, 3.63) is 84.2 Å². The Bertz CT molecular complexity index is 989. The molecule has 1 atom stereocenters. The van der Waals surface area contributed by atoms with Crippen LogP contribution in [0.15, 0.2) is 72.9 Å². The molecule has 1 aromatic heterocycles. The molecule has 0 saturated carbocycles. The molecule has 0 saturated heterocycles. The van der Waals surface area contributed by atoms with Crippen molar-refractivity contribution < 1.29 is 14.3 Å². The van der Waals surface area contributed by atoms with Gasteiger partial charge >= 0.3 is 0 Å². The van der Waals surface area contributed by atoms with Gasteiger partial charge in [-0.2, -0.15) is 0 Å². The van der Waals surface area contributed by atoms with E-state index in [-0.39, 0.29) is 17.6 Å². The van der Waals surface area contributed by atoms with Crippen LogP contribution in [0.2, 0.25) is 0 Å². The second kappa shape index (κ2) is 9.50. The maximum absolute atomic E-state index is 12.7. The van der Waals surface area contributed by atoms with Crippen LogP contribution < -0.4 is 15.4 Å². The molecule has 3 rings (SSSR count). The minimum atomic E-state index is -0.424. The van der Waals surface area contributed by atoms with Gasteiger partial charge in [-0.05, 0) is 49.7 Å². The van der Waals surface area contributed by atoms with Crippen molar-refractivity contribution in [2.75, 3.05) is 5.32 Å². The van der Waals surface area contributed by atoms with Crippen LogP contribution in [0, 0.1) is 0 Å². The van der Waals surface area contributed by atoms with Crippen LogP contribution in [-0.4, -0.2) is 22.8 Å². The molecule has 2 N–H and O–H groups in total. The van der Waals surface area contributed by atoms with Gasteiger partial charge in [0.05, 0.1) is 5.69 Å². The van der Waals surface area contributed by atoms with E-state index < -0.39 is 5.91 Å². The van der Waals surface area contributed by atoms with Crippen molar-refractivity contribution in [3.63, 3.8) is 0 Å². The molecule has 29 heavy (non-hydrogen) atoms. The van der Waals surface area contributed by atoms with Gasteiger partial charge in [-0.15, -0.1) is 0 Å². The number of pyridine rings is 1. The maximum atomic E-state index is 12.7. The van der Waals surface area contributed by atoms with Crippen LogP contribution in [0.4, 0.5) is 5.69 Å². The Balaban J connectivity index is 1.76. The number of ether oxygens (including phenoxy) is 1. The summed E-state index contributed by atoms with van der Waals surface area (Å²) in [6.07, 6.45) is 2.27. The molecule has 0 aliphatic heterocycles. The van der Waals surface area contributed by atoms with E-state index in [4.69, 9.17) is 4.74 Å². The standard InChI is InChI=1S/C23H23N3O3/c1-3-16(2)25-22(27)17-13-14-24-20(15-17)23(28)26-19-11-7-8-12-21(19)29-18-9-5-4-6-10-18/h4-16H,3H2,1-2H3,(H,25,27)(H,26,28). The summed E-state index contributed by atoms with van der Waals surface area (Å²) >= 11 is 0. The zero-order chi connectivity index (χ0) is 20.6. The van der Waals surface area contributed by atoms with E-state index in [2.05, 4.69) is 15.6 Å². The maximum Gasteiger partial charge on any atom is 0.274 e. The van der Waals surface area contributed by atoms with Gasteiger partial charge in [-0.1, -0.05) is 37.3 Å². The minimum absolute atomic E-state index is 0.0509. The van der Waals surface area contributed by atoms with Crippen LogP contribution in [-0.2, 0) is 0 Å². The topological polar surface area (TPSA) is 80.3 Å². The molecular weight excluding hydrogens is 366 g/mol. The molecule has 0 aliphatic rings. The molecule has 0 aliphatic carbocycles. The van der Waals surface area contributed by atoms with Crippen LogP contribution in [0.3, 0.4) is 0 Å². The molecule has 1 heterocycles. The predicted octanol–water partition coefficient (Wildman–Crippen LogP) is 4.65. The summed E-state index contributed by atoms with van der Waals surface area (Å²) in [4.78, 5) is 29.1. The Morgan fingerprint density at radius 1 is 1.00 bits per heavy atom. The number of hydrogen-bond donors (Lipinski definition) is 2. The van der Waals surface area contributed by atoms with E-state index in [0.29, 0.717) is 22.7 Å². The number of anilines is 1. The van der Waals surface area contributed by atoms with Crippen molar-refractivity contribution in [1.29, 1.82) is 0 Å². The molecule has 0 spiro atoms. The first kappa shape index (κ1) is 20.1. The zero-order valence-corrected chi connectivity index (χ0v) is 16.4. The zero-order valence-electron chi connectivity index (χ0n) is 16.4. The van der Waals surface area contributed by atoms with Crippen LogP contribution >= 0.6 is 0 Å². The van der Waals surface area contributed by atoms with Gasteiger partial charge in [0.25, 0.3) is 11.8 Å². The van der Waals surface area contributed by atoms with Gasteiger partial charge in [0.15, 0.2) is 5.75 Å². The highest BCUT2D eigenvalue weighted by Gasteiger charge is 2.15. The highest BCUT2D eigenvalue weighted by molar-refractivity contribution is 6.05. The SMILES string of the molecule is CCC(C)NC(=O)c1ccnc(C(=O)Nc2ccccc2Oc2ccccc2)c1. The Hall–Kier alpha value is -3.67. The van der Waals surface area contributed by atoms with E-state index in [0.717, 1.165) is 6.42 Å². The largest absolute Gasteiger partial charge is 0.455 e. The van der Waals surface area contributed by atoms with Gasteiger partial charge in [0, 0.05) is 17.8 Å². The first-order valence-electron chi connectivity index (χ1n) is 9.47. The van der Waals surface area contributed by atoms with Crippen LogP contribution in [0.1, 0.15) is 41.1 Å². The first-order valence-corrected chi connectivity index (χ1v) is 9.47. The third kappa shape index (κ3) is 5.42. The number of rotatable bonds is 7. The third-order valence-corrected chi connectivity index (χ3v) is 4.35. The highest BCUT2D eigenvalue weighted by atomic mass is 16.5. The van der Waals surface area contributed by atoms with Crippen LogP contribution in [0.5, 0.6) is 11.5 Å². The van der Waals surface area contributed by atoms with E-state index in [1.807, 2.05) is 50.2 Å². The summed E-state index contributed by atoms with van der Waals surface area (Å²) in [7, 11) is 0. The fraction of sp³-hybridized carbons (Fsp3) is 0.174. The lowest BCUT2D eigenvalue weighted by Crippen LogP contribution is -2.32. The number of carbonyl (C=O) groups excluding carboxylic acids is 2. The van der Waals surface area contributed by atoms with Gasteiger partial charge in [-0.3, -0.25) is 14.6 Å². The van der Waals surface area contributed by atoms with Crippen molar-refractivity contribution in [2.24, 2.45) is 0 Å². The molecule has 2 amide bonds. The van der Waals surface area contributed by atoms with Gasteiger partial charge in [0.2, 0.25) is 0 Å². The second-order valence-electron chi connectivity index (χ2n) is 6.58. The summed E-state index contributed by atoms with van der Waals surface area (Å²) in [5.74, 6) is 0.518.